The van der Waals surface area contributed by atoms with E-state index in [1.54, 1.807) is 11.8 Å². The summed E-state index contributed by atoms with van der Waals surface area (Å²) in [7, 11) is 1.37. The second-order valence-electron chi connectivity index (χ2n) is 5.19. The SMILES string of the molecule is CCNC(=NCCC(=O)OC)NC1CCN(C(=O)OCC)CC1. The minimum absolute atomic E-state index is 0.246. The van der Waals surface area contributed by atoms with E-state index in [0.29, 0.717) is 32.2 Å². The Kier molecular flexibility index (Phi) is 8.86. The van der Waals surface area contributed by atoms with Crippen LogP contribution in [0.15, 0.2) is 4.99 Å². The molecule has 0 aromatic carbocycles. The molecule has 1 heterocycles. The molecule has 0 aromatic heterocycles. The van der Waals surface area contributed by atoms with Crippen LogP contribution in [0.25, 0.3) is 0 Å². The fraction of sp³-hybridized carbons (Fsp3) is 0.800. The van der Waals surface area contributed by atoms with E-state index in [-0.39, 0.29) is 24.5 Å². The molecule has 2 N–H and O–H groups in total. The molecule has 0 aliphatic carbocycles. The smallest absolute Gasteiger partial charge is 0.409 e. The zero-order valence-electron chi connectivity index (χ0n) is 14.3. The molecule has 132 valence electrons. The number of hydrogen-bond acceptors (Lipinski definition) is 5. The Morgan fingerprint density at radius 1 is 1.26 bits per heavy atom. The number of amides is 1. The Morgan fingerprint density at radius 3 is 2.52 bits per heavy atom. The van der Waals surface area contributed by atoms with Crippen molar-refractivity contribution in [2.24, 2.45) is 4.99 Å². The van der Waals surface area contributed by atoms with E-state index in [4.69, 9.17) is 4.74 Å². The van der Waals surface area contributed by atoms with Crippen molar-refractivity contribution in [3.63, 3.8) is 0 Å². The van der Waals surface area contributed by atoms with Crippen molar-refractivity contribution in [2.75, 3.05) is 39.9 Å². The highest BCUT2D eigenvalue weighted by Gasteiger charge is 2.23. The maximum Gasteiger partial charge on any atom is 0.409 e. The van der Waals surface area contributed by atoms with Crippen LogP contribution < -0.4 is 10.6 Å². The molecule has 0 atom stereocenters. The van der Waals surface area contributed by atoms with Crippen molar-refractivity contribution in [2.45, 2.75) is 39.2 Å². The monoisotopic (exact) mass is 328 g/mol. The van der Waals surface area contributed by atoms with E-state index < -0.39 is 0 Å². The molecular weight excluding hydrogens is 300 g/mol. The Balaban J connectivity index is 2.41. The number of hydrogen-bond donors (Lipinski definition) is 2. The molecule has 8 heteroatoms. The Bertz CT molecular complexity index is 406. The first-order valence-corrected chi connectivity index (χ1v) is 8.14. The highest BCUT2D eigenvalue weighted by atomic mass is 16.6. The number of carbonyl (C=O) groups is 2. The fourth-order valence-corrected chi connectivity index (χ4v) is 2.30. The van der Waals surface area contributed by atoms with E-state index in [0.717, 1.165) is 19.4 Å². The number of esters is 1. The average Bonchev–Trinajstić information content (AvgIpc) is 2.55. The third-order valence-electron chi connectivity index (χ3n) is 3.52. The zero-order valence-corrected chi connectivity index (χ0v) is 14.3. The van der Waals surface area contributed by atoms with Crippen LogP contribution in [0.3, 0.4) is 0 Å². The number of piperidine rings is 1. The number of rotatable bonds is 6. The lowest BCUT2D eigenvalue weighted by molar-refractivity contribution is -0.140. The first-order chi connectivity index (χ1) is 11.1. The minimum atomic E-state index is -0.271. The largest absolute Gasteiger partial charge is 0.469 e. The molecule has 1 saturated heterocycles. The first kappa shape index (κ1) is 19.1. The maximum atomic E-state index is 11.7. The van der Waals surface area contributed by atoms with Gasteiger partial charge in [-0.2, -0.15) is 0 Å². The van der Waals surface area contributed by atoms with E-state index in [1.807, 2.05) is 6.92 Å². The molecule has 1 aliphatic heterocycles. The Hall–Kier alpha value is -1.99. The molecule has 0 aromatic rings. The van der Waals surface area contributed by atoms with Gasteiger partial charge < -0.3 is 25.0 Å². The highest BCUT2D eigenvalue weighted by Crippen LogP contribution is 2.11. The molecule has 1 rings (SSSR count). The summed E-state index contributed by atoms with van der Waals surface area (Å²) < 4.78 is 9.61. The summed E-state index contributed by atoms with van der Waals surface area (Å²) in [6, 6.07) is 0.247. The summed E-state index contributed by atoms with van der Waals surface area (Å²) >= 11 is 0. The van der Waals surface area contributed by atoms with Crippen molar-refractivity contribution in [3.05, 3.63) is 0 Å². The molecule has 0 spiro atoms. The van der Waals surface area contributed by atoms with Crippen LogP contribution in [-0.2, 0) is 14.3 Å². The quantitative estimate of drug-likeness (QED) is 0.424. The lowest BCUT2D eigenvalue weighted by atomic mass is 10.1. The van der Waals surface area contributed by atoms with E-state index in [1.165, 1.54) is 7.11 Å². The number of aliphatic imine (C=N–C) groups is 1. The molecule has 0 bridgehead atoms. The van der Waals surface area contributed by atoms with Gasteiger partial charge in [0.05, 0.1) is 26.7 Å². The van der Waals surface area contributed by atoms with Gasteiger partial charge in [-0.3, -0.25) is 9.79 Å². The van der Waals surface area contributed by atoms with E-state index >= 15 is 0 Å². The topological polar surface area (TPSA) is 92.3 Å². The number of methoxy groups -OCH3 is 1. The Labute approximate surface area is 137 Å². The number of carbonyl (C=O) groups excluding carboxylic acids is 2. The van der Waals surface area contributed by atoms with Gasteiger partial charge in [-0.1, -0.05) is 0 Å². The van der Waals surface area contributed by atoms with Crippen LogP contribution in [0, 0.1) is 0 Å². The number of ether oxygens (including phenoxy) is 2. The molecule has 23 heavy (non-hydrogen) atoms. The van der Waals surface area contributed by atoms with Crippen molar-refractivity contribution in [1.29, 1.82) is 0 Å². The lowest BCUT2D eigenvalue weighted by Crippen LogP contribution is -2.50. The van der Waals surface area contributed by atoms with Gasteiger partial charge >= 0.3 is 12.1 Å². The molecule has 1 amide bonds. The van der Waals surface area contributed by atoms with Gasteiger partial charge in [0.25, 0.3) is 0 Å². The molecule has 0 unspecified atom stereocenters. The van der Waals surface area contributed by atoms with Gasteiger partial charge in [-0.15, -0.1) is 0 Å². The summed E-state index contributed by atoms with van der Waals surface area (Å²) in [4.78, 5) is 28.9. The highest BCUT2D eigenvalue weighted by molar-refractivity contribution is 5.80. The predicted molar refractivity (Wildman–Crippen MR) is 87.4 cm³/mol. The standard InChI is InChI=1S/C15H28N4O4/c1-4-16-14(17-9-6-13(20)22-3)18-12-7-10-19(11-8-12)15(21)23-5-2/h12H,4-11H2,1-3H3,(H2,16,17,18). The predicted octanol–water partition coefficient (Wildman–Crippen LogP) is 0.726. The van der Waals surface area contributed by atoms with Crippen molar-refractivity contribution in [3.8, 4) is 0 Å². The molecule has 1 aliphatic rings. The Morgan fingerprint density at radius 2 is 1.96 bits per heavy atom. The molecule has 1 fully saturated rings. The van der Waals surface area contributed by atoms with Gasteiger partial charge in [0.1, 0.15) is 0 Å². The average molecular weight is 328 g/mol. The second kappa shape index (κ2) is 10.7. The summed E-state index contributed by atoms with van der Waals surface area (Å²) in [5.74, 6) is 0.415. The van der Waals surface area contributed by atoms with Crippen LogP contribution in [-0.4, -0.2) is 68.9 Å². The normalized spacial score (nSPS) is 16.0. The van der Waals surface area contributed by atoms with Crippen LogP contribution in [0.4, 0.5) is 4.79 Å². The third kappa shape index (κ3) is 7.21. The second-order valence-corrected chi connectivity index (χ2v) is 5.19. The first-order valence-electron chi connectivity index (χ1n) is 8.14. The molecule has 0 radical (unpaired) electrons. The fourth-order valence-electron chi connectivity index (χ4n) is 2.30. The van der Waals surface area contributed by atoms with Crippen LogP contribution in [0.1, 0.15) is 33.1 Å². The minimum Gasteiger partial charge on any atom is -0.469 e. The zero-order chi connectivity index (χ0) is 17.1. The van der Waals surface area contributed by atoms with Crippen LogP contribution >= 0.6 is 0 Å². The molecule has 8 nitrogen and oxygen atoms in total. The van der Waals surface area contributed by atoms with Gasteiger partial charge in [-0.25, -0.2) is 4.79 Å². The number of nitrogens with one attached hydrogen (secondary N) is 2. The number of nitrogens with zero attached hydrogens (tertiary/aromatic N) is 2. The van der Waals surface area contributed by atoms with E-state index in [2.05, 4.69) is 20.4 Å². The van der Waals surface area contributed by atoms with Crippen LogP contribution in [0.5, 0.6) is 0 Å². The van der Waals surface area contributed by atoms with Gasteiger partial charge in [0.15, 0.2) is 5.96 Å². The van der Waals surface area contributed by atoms with Crippen LogP contribution in [0.2, 0.25) is 0 Å². The maximum absolute atomic E-state index is 11.7. The lowest BCUT2D eigenvalue weighted by Gasteiger charge is -2.32. The summed E-state index contributed by atoms with van der Waals surface area (Å²) in [6.45, 7) is 6.64. The van der Waals surface area contributed by atoms with Gasteiger partial charge in [-0.05, 0) is 26.7 Å². The summed E-state index contributed by atoms with van der Waals surface area (Å²) in [5.41, 5.74) is 0. The van der Waals surface area contributed by atoms with Crippen molar-refractivity contribution >= 4 is 18.0 Å². The molecule has 0 saturated carbocycles. The number of likely N-dealkylation sites (tertiary alicyclic amines) is 1. The van der Waals surface area contributed by atoms with Crippen molar-refractivity contribution < 1.29 is 19.1 Å². The third-order valence-corrected chi connectivity index (χ3v) is 3.52. The van der Waals surface area contributed by atoms with Gasteiger partial charge in [0.2, 0.25) is 0 Å². The summed E-state index contributed by atoms with van der Waals surface area (Å²) in [5, 5.41) is 6.51. The molecular formula is C15H28N4O4. The van der Waals surface area contributed by atoms with E-state index in [9.17, 15) is 9.59 Å². The summed E-state index contributed by atoms with van der Waals surface area (Å²) in [6.07, 6.45) is 1.68. The number of guanidine groups is 1. The van der Waals surface area contributed by atoms with Crippen molar-refractivity contribution in [1.82, 2.24) is 15.5 Å². The van der Waals surface area contributed by atoms with Gasteiger partial charge in [0, 0.05) is 25.7 Å².